The largest absolute Gasteiger partial charge is 0.377 e. The molecule has 0 amide bonds. The number of nitrogens with one attached hydrogen (secondary N) is 2. The lowest BCUT2D eigenvalue weighted by Gasteiger charge is -2.15. The molecule has 20 heavy (non-hydrogen) atoms. The van der Waals surface area contributed by atoms with E-state index in [4.69, 9.17) is 4.74 Å². The number of fused-ring (bicyclic) bond motifs is 1. The Hall–Kier alpha value is -1.24. The second-order valence-electron chi connectivity index (χ2n) is 5.33. The van der Waals surface area contributed by atoms with Crippen molar-refractivity contribution in [1.82, 2.24) is 15.3 Å². The maximum Gasteiger partial charge on any atom is 0.259 e. The molecule has 6 heteroatoms. The zero-order chi connectivity index (χ0) is 14.3. The average molecular weight is 293 g/mol. The van der Waals surface area contributed by atoms with Crippen LogP contribution in [0, 0.1) is 13.8 Å². The van der Waals surface area contributed by atoms with Crippen LogP contribution in [0.4, 0.5) is 0 Å². The van der Waals surface area contributed by atoms with Crippen molar-refractivity contribution in [2.24, 2.45) is 0 Å². The van der Waals surface area contributed by atoms with Gasteiger partial charge in [-0.15, -0.1) is 11.3 Å². The fourth-order valence-electron chi connectivity index (χ4n) is 2.61. The molecule has 0 bridgehead atoms. The summed E-state index contributed by atoms with van der Waals surface area (Å²) >= 11 is 1.58. The minimum absolute atomic E-state index is 0.0376. The van der Waals surface area contributed by atoms with E-state index in [2.05, 4.69) is 22.2 Å². The molecule has 108 valence electrons. The van der Waals surface area contributed by atoms with Crippen LogP contribution in [0.1, 0.15) is 29.6 Å². The highest BCUT2D eigenvalue weighted by Crippen LogP contribution is 2.25. The van der Waals surface area contributed by atoms with E-state index in [1.165, 1.54) is 0 Å². The SMILES string of the molecule is Cc1sc2nc(CNC3CCOC3C)[nH]c(=O)c2c1C. The van der Waals surface area contributed by atoms with Gasteiger partial charge in [0.1, 0.15) is 10.7 Å². The molecule has 3 heterocycles. The molecule has 0 aliphatic carbocycles. The van der Waals surface area contributed by atoms with E-state index >= 15 is 0 Å². The van der Waals surface area contributed by atoms with E-state index in [1.807, 2.05) is 13.8 Å². The molecule has 0 radical (unpaired) electrons. The summed E-state index contributed by atoms with van der Waals surface area (Å²) in [5.74, 6) is 0.697. The van der Waals surface area contributed by atoms with E-state index in [0.29, 0.717) is 18.4 Å². The third-order valence-corrected chi connectivity index (χ3v) is 5.10. The van der Waals surface area contributed by atoms with Crippen molar-refractivity contribution in [3.8, 4) is 0 Å². The molecule has 0 saturated carbocycles. The molecule has 1 saturated heterocycles. The molecular formula is C14H19N3O2S. The lowest BCUT2D eigenvalue weighted by atomic mass is 10.1. The minimum Gasteiger partial charge on any atom is -0.377 e. The number of nitrogens with zero attached hydrogens (tertiary/aromatic N) is 1. The molecule has 1 aliphatic rings. The maximum atomic E-state index is 12.2. The monoisotopic (exact) mass is 293 g/mol. The minimum atomic E-state index is -0.0376. The first kappa shape index (κ1) is 13.7. The Balaban J connectivity index is 1.84. The van der Waals surface area contributed by atoms with Gasteiger partial charge in [0.2, 0.25) is 0 Å². The van der Waals surface area contributed by atoms with Gasteiger partial charge >= 0.3 is 0 Å². The third-order valence-electron chi connectivity index (χ3n) is 4.00. The fraction of sp³-hybridized carbons (Fsp3) is 0.571. The van der Waals surface area contributed by atoms with Crippen LogP contribution in [0.15, 0.2) is 4.79 Å². The summed E-state index contributed by atoms with van der Waals surface area (Å²) in [4.78, 5) is 21.6. The molecule has 2 aromatic rings. The number of thiophene rings is 1. The second kappa shape index (κ2) is 5.27. The van der Waals surface area contributed by atoms with Gasteiger partial charge in [0.15, 0.2) is 0 Å². The number of H-pyrrole nitrogens is 1. The number of hydrogen-bond acceptors (Lipinski definition) is 5. The van der Waals surface area contributed by atoms with Crippen LogP contribution in [-0.2, 0) is 11.3 Å². The van der Waals surface area contributed by atoms with E-state index < -0.39 is 0 Å². The molecule has 2 N–H and O–H groups in total. The van der Waals surface area contributed by atoms with Gasteiger partial charge in [-0.2, -0.15) is 0 Å². The Morgan fingerprint density at radius 3 is 3.00 bits per heavy atom. The Kier molecular flexibility index (Phi) is 3.62. The van der Waals surface area contributed by atoms with Crippen molar-refractivity contribution in [3.63, 3.8) is 0 Å². The maximum absolute atomic E-state index is 12.2. The normalized spacial score (nSPS) is 22.8. The van der Waals surface area contributed by atoms with Crippen LogP contribution < -0.4 is 10.9 Å². The van der Waals surface area contributed by atoms with Gasteiger partial charge in [-0.05, 0) is 32.8 Å². The van der Waals surface area contributed by atoms with Crippen LogP contribution in [0.25, 0.3) is 10.2 Å². The second-order valence-corrected chi connectivity index (χ2v) is 6.53. The van der Waals surface area contributed by atoms with Gasteiger partial charge < -0.3 is 15.0 Å². The van der Waals surface area contributed by atoms with E-state index in [-0.39, 0.29) is 11.7 Å². The van der Waals surface area contributed by atoms with Gasteiger partial charge in [0.25, 0.3) is 5.56 Å². The lowest BCUT2D eigenvalue weighted by Crippen LogP contribution is -2.35. The summed E-state index contributed by atoms with van der Waals surface area (Å²) in [5, 5.41) is 4.14. The summed E-state index contributed by atoms with van der Waals surface area (Å²) in [6.45, 7) is 7.43. The summed E-state index contributed by atoms with van der Waals surface area (Å²) in [6, 6.07) is 0.336. The third kappa shape index (κ3) is 2.39. The van der Waals surface area contributed by atoms with Gasteiger partial charge in [0.05, 0.1) is 18.0 Å². The number of aryl methyl sites for hydroxylation is 2. The van der Waals surface area contributed by atoms with E-state index in [9.17, 15) is 4.79 Å². The topological polar surface area (TPSA) is 67.0 Å². The zero-order valence-corrected chi connectivity index (χ0v) is 12.8. The molecule has 1 fully saturated rings. The van der Waals surface area contributed by atoms with Crippen LogP contribution in [-0.4, -0.2) is 28.7 Å². The van der Waals surface area contributed by atoms with Crippen molar-refractivity contribution in [2.75, 3.05) is 6.61 Å². The van der Waals surface area contributed by atoms with Crippen LogP contribution in [0.3, 0.4) is 0 Å². The van der Waals surface area contributed by atoms with Gasteiger partial charge in [-0.25, -0.2) is 4.98 Å². The van der Waals surface area contributed by atoms with Gasteiger partial charge in [-0.3, -0.25) is 4.79 Å². The van der Waals surface area contributed by atoms with Crippen LogP contribution in [0.2, 0.25) is 0 Å². The van der Waals surface area contributed by atoms with E-state index in [1.54, 1.807) is 11.3 Å². The van der Waals surface area contributed by atoms with Crippen molar-refractivity contribution in [2.45, 2.75) is 45.9 Å². The molecular weight excluding hydrogens is 274 g/mol. The number of aromatic amines is 1. The number of hydrogen-bond donors (Lipinski definition) is 2. The van der Waals surface area contributed by atoms with E-state index in [0.717, 1.165) is 33.7 Å². The first-order valence-electron chi connectivity index (χ1n) is 6.90. The number of rotatable bonds is 3. The smallest absolute Gasteiger partial charge is 0.259 e. The molecule has 2 aromatic heterocycles. The van der Waals surface area contributed by atoms with Crippen molar-refractivity contribution in [1.29, 1.82) is 0 Å². The highest BCUT2D eigenvalue weighted by molar-refractivity contribution is 7.18. The number of ether oxygens (including phenoxy) is 1. The average Bonchev–Trinajstić information content (AvgIpc) is 2.92. The molecule has 2 unspecified atom stereocenters. The fourth-order valence-corrected chi connectivity index (χ4v) is 3.66. The van der Waals surface area contributed by atoms with Crippen molar-refractivity contribution >= 4 is 21.6 Å². The first-order valence-corrected chi connectivity index (χ1v) is 7.72. The van der Waals surface area contributed by atoms with Crippen molar-refractivity contribution in [3.05, 3.63) is 26.6 Å². The molecule has 2 atom stereocenters. The highest BCUT2D eigenvalue weighted by Gasteiger charge is 2.23. The Labute approximate surface area is 121 Å². The summed E-state index contributed by atoms with van der Waals surface area (Å²) < 4.78 is 5.51. The summed E-state index contributed by atoms with van der Waals surface area (Å²) in [6.07, 6.45) is 1.22. The summed E-state index contributed by atoms with van der Waals surface area (Å²) in [5.41, 5.74) is 1.00. The molecule has 3 rings (SSSR count). The zero-order valence-electron chi connectivity index (χ0n) is 11.9. The van der Waals surface area contributed by atoms with Crippen LogP contribution in [0.5, 0.6) is 0 Å². The summed E-state index contributed by atoms with van der Waals surface area (Å²) in [7, 11) is 0. The standard InChI is InChI=1S/C14H19N3O2S/c1-7-9(3)20-14-12(7)13(18)16-11(17-14)6-15-10-4-5-19-8(10)2/h8,10,15H,4-6H2,1-3H3,(H,16,17,18). The predicted octanol–water partition coefficient (Wildman–Crippen LogP) is 1.87. The van der Waals surface area contributed by atoms with Gasteiger partial charge in [-0.1, -0.05) is 0 Å². The van der Waals surface area contributed by atoms with Crippen molar-refractivity contribution < 1.29 is 4.74 Å². The lowest BCUT2D eigenvalue weighted by molar-refractivity contribution is 0.113. The first-order chi connectivity index (χ1) is 9.56. The Bertz CT molecular complexity index is 692. The Morgan fingerprint density at radius 2 is 2.30 bits per heavy atom. The molecule has 5 nitrogen and oxygen atoms in total. The predicted molar refractivity (Wildman–Crippen MR) is 80.4 cm³/mol. The molecule has 0 aromatic carbocycles. The Morgan fingerprint density at radius 1 is 1.50 bits per heavy atom. The quantitative estimate of drug-likeness (QED) is 0.906. The molecule has 0 spiro atoms. The molecule has 1 aliphatic heterocycles. The number of aromatic nitrogens is 2. The van der Waals surface area contributed by atoms with Crippen LogP contribution >= 0.6 is 11.3 Å². The van der Waals surface area contributed by atoms with Gasteiger partial charge in [0, 0.05) is 17.5 Å². The highest BCUT2D eigenvalue weighted by atomic mass is 32.1.